The van der Waals surface area contributed by atoms with Crippen LogP contribution in [-0.4, -0.2) is 11.5 Å². The predicted octanol–water partition coefficient (Wildman–Crippen LogP) is 3.47. The molecule has 2 unspecified atom stereocenters. The summed E-state index contributed by atoms with van der Waals surface area (Å²) in [6.07, 6.45) is 5.27. The van der Waals surface area contributed by atoms with Gasteiger partial charge in [0.2, 0.25) is 0 Å². The summed E-state index contributed by atoms with van der Waals surface area (Å²) < 4.78 is 0. The van der Waals surface area contributed by atoms with E-state index in [0.717, 1.165) is 12.2 Å². The molecule has 2 rings (SSSR count). The van der Waals surface area contributed by atoms with Crippen molar-refractivity contribution in [1.82, 2.24) is 10.3 Å². The molecule has 1 heterocycles. The molecule has 1 N–H and O–H groups in total. The Kier molecular flexibility index (Phi) is 3.65. The van der Waals surface area contributed by atoms with E-state index in [1.165, 1.54) is 30.7 Å². The summed E-state index contributed by atoms with van der Waals surface area (Å²) in [7, 11) is 0. The molecule has 0 aliphatic heterocycles. The van der Waals surface area contributed by atoms with Crippen molar-refractivity contribution in [2.24, 2.45) is 5.92 Å². The number of nitrogens with one attached hydrogen (secondary N) is 1. The first kappa shape index (κ1) is 12.1. The van der Waals surface area contributed by atoms with Crippen LogP contribution in [0.4, 0.5) is 0 Å². The van der Waals surface area contributed by atoms with Crippen LogP contribution in [0.5, 0.6) is 0 Å². The molecule has 2 atom stereocenters. The van der Waals surface area contributed by atoms with E-state index >= 15 is 0 Å². The Hall–Kier alpha value is -0.410. The zero-order valence-corrected chi connectivity index (χ0v) is 11.4. The Bertz CT molecular complexity index is 343. The summed E-state index contributed by atoms with van der Waals surface area (Å²) in [4.78, 5) is 4.73. The Morgan fingerprint density at radius 1 is 1.56 bits per heavy atom. The maximum absolute atomic E-state index is 4.73. The molecule has 0 amide bonds. The SMILES string of the molecule is CCNC1(c2nc(C)cs2)CCCCC1C. The molecule has 0 radical (unpaired) electrons. The van der Waals surface area contributed by atoms with Gasteiger partial charge in [-0.15, -0.1) is 11.3 Å². The molecule has 1 aliphatic rings. The van der Waals surface area contributed by atoms with Gasteiger partial charge in [0.05, 0.1) is 5.54 Å². The average molecular weight is 238 g/mol. The van der Waals surface area contributed by atoms with E-state index in [-0.39, 0.29) is 5.54 Å². The van der Waals surface area contributed by atoms with Gasteiger partial charge in [-0.25, -0.2) is 4.98 Å². The Morgan fingerprint density at radius 2 is 2.38 bits per heavy atom. The van der Waals surface area contributed by atoms with Gasteiger partial charge in [0.25, 0.3) is 0 Å². The lowest BCUT2D eigenvalue weighted by Gasteiger charge is -2.42. The van der Waals surface area contributed by atoms with Crippen molar-refractivity contribution < 1.29 is 0 Å². The molecule has 0 bridgehead atoms. The summed E-state index contributed by atoms with van der Waals surface area (Å²) in [5.74, 6) is 0.701. The molecule has 1 aliphatic carbocycles. The van der Waals surface area contributed by atoms with Crippen molar-refractivity contribution in [3.63, 3.8) is 0 Å². The van der Waals surface area contributed by atoms with Crippen molar-refractivity contribution >= 4 is 11.3 Å². The summed E-state index contributed by atoms with van der Waals surface area (Å²) in [5, 5.41) is 7.21. The largest absolute Gasteiger partial charge is 0.305 e. The second kappa shape index (κ2) is 4.84. The van der Waals surface area contributed by atoms with Gasteiger partial charge in [-0.3, -0.25) is 0 Å². The van der Waals surface area contributed by atoms with E-state index in [2.05, 4.69) is 31.5 Å². The summed E-state index contributed by atoms with van der Waals surface area (Å²) >= 11 is 1.82. The van der Waals surface area contributed by atoms with Crippen LogP contribution < -0.4 is 5.32 Å². The van der Waals surface area contributed by atoms with Crippen LogP contribution in [0.15, 0.2) is 5.38 Å². The highest BCUT2D eigenvalue weighted by atomic mass is 32.1. The van der Waals surface area contributed by atoms with Crippen LogP contribution in [0.3, 0.4) is 0 Å². The van der Waals surface area contributed by atoms with Crippen molar-refractivity contribution in [3.8, 4) is 0 Å². The minimum Gasteiger partial charge on any atom is -0.305 e. The van der Waals surface area contributed by atoms with Gasteiger partial charge in [-0.1, -0.05) is 26.7 Å². The zero-order chi connectivity index (χ0) is 11.6. The molecule has 1 aromatic heterocycles. The Labute approximate surface area is 102 Å². The van der Waals surface area contributed by atoms with Gasteiger partial charge < -0.3 is 5.32 Å². The third-order valence-corrected chi connectivity index (χ3v) is 4.93. The van der Waals surface area contributed by atoms with Gasteiger partial charge in [0.15, 0.2) is 0 Å². The highest BCUT2D eigenvalue weighted by Gasteiger charge is 2.41. The molecule has 2 nitrogen and oxygen atoms in total. The predicted molar refractivity (Wildman–Crippen MR) is 69.8 cm³/mol. The molecule has 1 fully saturated rings. The molecular formula is C13H22N2S. The van der Waals surface area contributed by atoms with Gasteiger partial charge in [-0.05, 0) is 32.2 Å². The van der Waals surface area contributed by atoms with Crippen LogP contribution in [0.1, 0.15) is 50.2 Å². The fourth-order valence-electron chi connectivity index (χ4n) is 2.88. The number of aryl methyl sites for hydroxylation is 1. The molecule has 1 aromatic rings. The monoisotopic (exact) mass is 238 g/mol. The highest BCUT2D eigenvalue weighted by molar-refractivity contribution is 7.09. The third kappa shape index (κ3) is 2.03. The first-order valence-electron chi connectivity index (χ1n) is 6.36. The highest BCUT2D eigenvalue weighted by Crippen LogP contribution is 2.42. The van der Waals surface area contributed by atoms with Gasteiger partial charge in [0.1, 0.15) is 5.01 Å². The first-order chi connectivity index (χ1) is 7.69. The molecular weight excluding hydrogens is 216 g/mol. The zero-order valence-electron chi connectivity index (χ0n) is 10.5. The topological polar surface area (TPSA) is 24.9 Å². The smallest absolute Gasteiger partial charge is 0.113 e. The van der Waals surface area contributed by atoms with Crippen LogP contribution in [-0.2, 0) is 5.54 Å². The van der Waals surface area contributed by atoms with Crippen molar-refractivity contribution in [3.05, 3.63) is 16.1 Å². The number of hydrogen-bond acceptors (Lipinski definition) is 3. The van der Waals surface area contributed by atoms with Crippen LogP contribution >= 0.6 is 11.3 Å². The number of thiazole rings is 1. The van der Waals surface area contributed by atoms with Crippen molar-refractivity contribution in [2.45, 2.75) is 52.0 Å². The van der Waals surface area contributed by atoms with E-state index in [1.54, 1.807) is 0 Å². The quantitative estimate of drug-likeness (QED) is 0.872. The molecule has 0 spiro atoms. The average Bonchev–Trinajstić information content (AvgIpc) is 2.69. The maximum Gasteiger partial charge on any atom is 0.113 e. The third-order valence-electron chi connectivity index (χ3n) is 3.79. The molecule has 0 saturated heterocycles. The lowest BCUT2D eigenvalue weighted by Crippen LogP contribution is -2.49. The van der Waals surface area contributed by atoms with E-state index in [9.17, 15) is 0 Å². The second-order valence-corrected chi connectivity index (χ2v) is 5.80. The van der Waals surface area contributed by atoms with Gasteiger partial charge >= 0.3 is 0 Å². The van der Waals surface area contributed by atoms with Crippen LogP contribution in [0.2, 0.25) is 0 Å². The molecule has 90 valence electrons. The van der Waals surface area contributed by atoms with Gasteiger partial charge in [0, 0.05) is 11.1 Å². The van der Waals surface area contributed by atoms with E-state index in [4.69, 9.17) is 4.98 Å². The van der Waals surface area contributed by atoms with E-state index < -0.39 is 0 Å². The first-order valence-corrected chi connectivity index (χ1v) is 7.24. The summed E-state index contributed by atoms with van der Waals surface area (Å²) in [5.41, 5.74) is 1.32. The Morgan fingerprint density at radius 3 is 2.94 bits per heavy atom. The fraction of sp³-hybridized carbons (Fsp3) is 0.769. The standard InChI is InChI=1S/C13H22N2S/c1-4-14-13(8-6-5-7-10(13)2)12-15-11(3)9-16-12/h9-10,14H,4-8H2,1-3H3. The number of aromatic nitrogens is 1. The molecule has 3 heteroatoms. The fourth-order valence-corrected chi connectivity index (χ4v) is 3.99. The minimum atomic E-state index is 0.159. The number of nitrogens with zero attached hydrogens (tertiary/aromatic N) is 1. The van der Waals surface area contributed by atoms with Crippen molar-refractivity contribution in [1.29, 1.82) is 0 Å². The minimum absolute atomic E-state index is 0.159. The number of hydrogen-bond donors (Lipinski definition) is 1. The lowest BCUT2D eigenvalue weighted by atomic mass is 9.74. The summed E-state index contributed by atoms with van der Waals surface area (Å²) in [6.45, 7) is 7.69. The Balaban J connectivity index is 2.33. The van der Waals surface area contributed by atoms with E-state index in [1.807, 2.05) is 11.3 Å². The molecule has 16 heavy (non-hydrogen) atoms. The number of rotatable bonds is 3. The molecule has 0 aromatic carbocycles. The lowest BCUT2D eigenvalue weighted by molar-refractivity contribution is 0.156. The van der Waals surface area contributed by atoms with Crippen LogP contribution in [0.25, 0.3) is 0 Å². The maximum atomic E-state index is 4.73. The summed E-state index contributed by atoms with van der Waals surface area (Å²) in [6, 6.07) is 0. The van der Waals surface area contributed by atoms with Gasteiger partial charge in [-0.2, -0.15) is 0 Å². The van der Waals surface area contributed by atoms with Crippen molar-refractivity contribution in [2.75, 3.05) is 6.54 Å². The second-order valence-electron chi connectivity index (χ2n) is 4.94. The molecule has 1 saturated carbocycles. The normalized spacial score (nSPS) is 30.6. The van der Waals surface area contributed by atoms with Crippen LogP contribution in [0, 0.1) is 12.8 Å². The van der Waals surface area contributed by atoms with E-state index in [0.29, 0.717) is 5.92 Å².